The summed E-state index contributed by atoms with van der Waals surface area (Å²) in [5.41, 5.74) is 5.63. The first-order valence-electron chi connectivity index (χ1n) is 4.76. The molecule has 1 aromatic rings. The molecule has 0 radical (unpaired) electrons. The Morgan fingerprint density at radius 2 is 2.36 bits per heavy atom. The second kappa shape index (κ2) is 5.80. The fourth-order valence-corrected chi connectivity index (χ4v) is 1.28. The van der Waals surface area contributed by atoms with E-state index in [1.54, 1.807) is 7.11 Å². The second-order valence-electron chi connectivity index (χ2n) is 3.18. The Morgan fingerprint density at radius 3 is 2.86 bits per heavy atom. The molecule has 1 rings (SSSR count). The Hall–Kier alpha value is -0.840. The highest BCUT2D eigenvalue weighted by atomic mass is 16.5. The van der Waals surface area contributed by atoms with Gasteiger partial charge < -0.3 is 20.2 Å². The summed E-state index contributed by atoms with van der Waals surface area (Å²) in [6.45, 7) is 3.90. The van der Waals surface area contributed by atoms with Crippen molar-refractivity contribution in [2.24, 2.45) is 5.73 Å². The highest BCUT2D eigenvalue weighted by Crippen LogP contribution is 2.14. The van der Waals surface area contributed by atoms with Crippen LogP contribution >= 0.6 is 0 Å². The maximum Gasteiger partial charge on any atom is 0.122 e. The molecule has 0 saturated carbocycles. The first-order chi connectivity index (χ1) is 6.77. The maximum absolute atomic E-state index is 5.63. The van der Waals surface area contributed by atoms with E-state index < -0.39 is 0 Å². The molecule has 1 unspecified atom stereocenters. The normalized spacial score (nSPS) is 13.1. The van der Waals surface area contributed by atoms with E-state index in [-0.39, 0.29) is 6.04 Å². The van der Waals surface area contributed by atoms with Crippen molar-refractivity contribution >= 4 is 0 Å². The number of hydrogen-bond donors (Lipinski definition) is 2. The van der Waals surface area contributed by atoms with Gasteiger partial charge in [0.05, 0.1) is 12.6 Å². The van der Waals surface area contributed by atoms with Gasteiger partial charge in [-0.05, 0) is 19.1 Å². The molecule has 0 amide bonds. The Balaban J connectivity index is 2.45. The Morgan fingerprint density at radius 1 is 1.57 bits per heavy atom. The van der Waals surface area contributed by atoms with Crippen molar-refractivity contribution in [3.05, 3.63) is 23.7 Å². The van der Waals surface area contributed by atoms with Gasteiger partial charge >= 0.3 is 0 Å². The summed E-state index contributed by atoms with van der Waals surface area (Å²) in [4.78, 5) is 0. The number of hydrogen-bond acceptors (Lipinski definition) is 4. The van der Waals surface area contributed by atoms with Crippen molar-refractivity contribution in [3.63, 3.8) is 0 Å². The summed E-state index contributed by atoms with van der Waals surface area (Å²) in [7, 11) is 1.68. The van der Waals surface area contributed by atoms with Crippen LogP contribution in [0.2, 0.25) is 0 Å². The van der Waals surface area contributed by atoms with Gasteiger partial charge in [0.25, 0.3) is 0 Å². The maximum atomic E-state index is 5.63. The van der Waals surface area contributed by atoms with Crippen LogP contribution in [0.25, 0.3) is 0 Å². The molecule has 0 aliphatic rings. The van der Waals surface area contributed by atoms with E-state index in [1.807, 2.05) is 19.1 Å². The van der Waals surface area contributed by atoms with Gasteiger partial charge in [-0.2, -0.15) is 0 Å². The average Bonchev–Trinajstić information content (AvgIpc) is 2.60. The zero-order valence-electron chi connectivity index (χ0n) is 8.75. The van der Waals surface area contributed by atoms with Crippen molar-refractivity contribution in [2.75, 3.05) is 26.8 Å². The quantitative estimate of drug-likeness (QED) is 0.664. The highest BCUT2D eigenvalue weighted by molar-refractivity contribution is 5.09. The molecule has 3 N–H and O–H groups in total. The van der Waals surface area contributed by atoms with Crippen LogP contribution in [0.1, 0.15) is 17.6 Å². The minimum atomic E-state index is 0.0823. The molecule has 1 heterocycles. The van der Waals surface area contributed by atoms with Crippen molar-refractivity contribution in [2.45, 2.75) is 13.0 Å². The highest BCUT2D eigenvalue weighted by Gasteiger charge is 2.11. The lowest BCUT2D eigenvalue weighted by Gasteiger charge is -2.13. The average molecular weight is 198 g/mol. The molecule has 4 heteroatoms. The topological polar surface area (TPSA) is 60.4 Å². The van der Waals surface area contributed by atoms with Gasteiger partial charge in [-0.1, -0.05) is 0 Å². The monoisotopic (exact) mass is 198 g/mol. The van der Waals surface area contributed by atoms with Gasteiger partial charge in [0, 0.05) is 20.2 Å². The number of furan rings is 1. The standard InChI is InChI=1S/C10H18N2O2/c1-8-3-4-10(14-8)9(7-11)12-5-6-13-2/h3-4,9,12H,5-7,11H2,1-2H3. The predicted molar refractivity (Wildman–Crippen MR) is 55.1 cm³/mol. The largest absolute Gasteiger partial charge is 0.465 e. The first-order valence-corrected chi connectivity index (χ1v) is 4.76. The minimum absolute atomic E-state index is 0.0823. The third kappa shape index (κ3) is 3.14. The van der Waals surface area contributed by atoms with Gasteiger partial charge in [-0.3, -0.25) is 0 Å². The molecule has 14 heavy (non-hydrogen) atoms. The van der Waals surface area contributed by atoms with Crippen molar-refractivity contribution < 1.29 is 9.15 Å². The minimum Gasteiger partial charge on any atom is -0.465 e. The molecular weight excluding hydrogens is 180 g/mol. The molecule has 0 aromatic carbocycles. The lowest BCUT2D eigenvalue weighted by atomic mass is 10.2. The first kappa shape index (κ1) is 11.2. The summed E-state index contributed by atoms with van der Waals surface area (Å²) in [5, 5.41) is 3.26. The predicted octanol–water partition coefficient (Wildman–Crippen LogP) is 0.824. The van der Waals surface area contributed by atoms with E-state index in [1.165, 1.54) is 0 Å². The molecule has 4 nitrogen and oxygen atoms in total. The van der Waals surface area contributed by atoms with Gasteiger partial charge in [0.15, 0.2) is 0 Å². The number of nitrogens with two attached hydrogens (primary N) is 1. The molecule has 80 valence electrons. The molecule has 1 atom stereocenters. The molecule has 0 spiro atoms. The smallest absolute Gasteiger partial charge is 0.122 e. The summed E-state index contributed by atoms with van der Waals surface area (Å²) >= 11 is 0. The lowest BCUT2D eigenvalue weighted by Crippen LogP contribution is -2.30. The van der Waals surface area contributed by atoms with Crippen LogP contribution in [0.3, 0.4) is 0 Å². The van der Waals surface area contributed by atoms with Crippen LogP contribution in [-0.4, -0.2) is 26.8 Å². The lowest BCUT2D eigenvalue weighted by molar-refractivity contribution is 0.194. The van der Waals surface area contributed by atoms with Crippen LogP contribution in [0, 0.1) is 6.92 Å². The van der Waals surface area contributed by atoms with E-state index >= 15 is 0 Å². The van der Waals surface area contributed by atoms with E-state index in [0.29, 0.717) is 13.2 Å². The summed E-state index contributed by atoms with van der Waals surface area (Å²) in [5.74, 6) is 1.80. The van der Waals surface area contributed by atoms with Gasteiger partial charge in [-0.15, -0.1) is 0 Å². The fourth-order valence-electron chi connectivity index (χ4n) is 1.28. The van der Waals surface area contributed by atoms with Gasteiger partial charge in [0.1, 0.15) is 11.5 Å². The van der Waals surface area contributed by atoms with Crippen LogP contribution in [0.15, 0.2) is 16.5 Å². The Bertz CT molecular complexity index is 260. The van der Waals surface area contributed by atoms with Crippen LogP contribution in [-0.2, 0) is 4.74 Å². The van der Waals surface area contributed by atoms with Gasteiger partial charge in [-0.25, -0.2) is 0 Å². The van der Waals surface area contributed by atoms with E-state index in [0.717, 1.165) is 18.1 Å². The van der Waals surface area contributed by atoms with E-state index in [4.69, 9.17) is 14.9 Å². The number of nitrogens with one attached hydrogen (secondary N) is 1. The number of aryl methyl sites for hydroxylation is 1. The zero-order chi connectivity index (χ0) is 10.4. The Labute approximate surface area is 84.4 Å². The molecule has 1 aromatic heterocycles. The summed E-state index contributed by atoms with van der Waals surface area (Å²) < 4.78 is 10.4. The van der Waals surface area contributed by atoms with Gasteiger partial charge in [0.2, 0.25) is 0 Å². The number of methoxy groups -OCH3 is 1. The van der Waals surface area contributed by atoms with E-state index in [9.17, 15) is 0 Å². The third-order valence-electron chi connectivity index (χ3n) is 2.04. The molecule has 0 bridgehead atoms. The fraction of sp³-hybridized carbons (Fsp3) is 0.600. The Kier molecular flexibility index (Phi) is 4.65. The summed E-state index contributed by atoms with van der Waals surface area (Å²) in [6.07, 6.45) is 0. The zero-order valence-corrected chi connectivity index (χ0v) is 8.75. The number of ether oxygens (including phenoxy) is 1. The molecule has 0 aliphatic carbocycles. The van der Waals surface area contributed by atoms with Crippen molar-refractivity contribution in [1.82, 2.24) is 5.32 Å². The van der Waals surface area contributed by atoms with Crippen molar-refractivity contribution in [3.8, 4) is 0 Å². The third-order valence-corrected chi connectivity index (χ3v) is 2.04. The van der Waals surface area contributed by atoms with Crippen LogP contribution in [0.5, 0.6) is 0 Å². The second-order valence-corrected chi connectivity index (χ2v) is 3.18. The molecular formula is C10H18N2O2. The molecule has 0 fully saturated rings. The summed E-state index contributed by atoms with van der Waals surface area (Å²) in [6, 6.07) is 3.97. The molecule has 0 aliphatic heterocycles. The van der Waals surface area contributed by atoms with Crippen molar-refractivity contribution in [1.29, 1.82) is 0 Å². The number of rotatable bonds is 6. The van der Waals surface area contributed by atoms with E-state index in [2.05, 4.69) is 5.32 Å². The SMILES string of the molecule is COCCNC(CN)c1ccc(C)o1. The van der Waals surface area contributed by atoms with Crippen LogP contribution < -0.4 is 11.1 Å². The molecule has 0 saturated heterocycles. The van der Waals surface area contributed by atoms with Crippen LogP contribution in [0.4, 0.5) is 0 Å².